The molecule has 0 saturated heterocycles. The van der Waals surface area contributed by atoms with Gasteiger partial charge in [0.15, 0.2) is 0 Å². The van der Waals surface area contributed by atoms with Crippen LogP contribution in [0.2, 0.25) is 0 Å². The summed E-state index contributed by atoms with van der Waals surface area (Å²) in [7, 11) is 0. The Labute approximate surface area is 118 Å². The molecule has 2 rings (SSSR count). The van der Waals surface area contributed by atoms with Crippen molar-refractivity contribution in [2.24, 2.45) is 5.73 Å². The fourth-order valence-electron chi connectivity index (χ4n) is 1.95. The van der Waals surface area contributed by atoms with Gasteiger partial charge in [-0.1, -0.05) is 29.8 Å². The van der Waals surface area contributed by atoms with Gasteiger partial charge in [0.05, 0.1) is 0 Å². The number of aryl methyl sites for hydroxylation is 2. The lowest BCUT2D eigenvalue weighted by Gasteiger charge is -2.16. The highest BCUT2D eigenvalue weighted by Gasteiger charge is 2.13. The van der Waals surface area contributed by atoms with E-state index in [1.54, 1.807) is 23.9 Å². The summed E-state index contributed by atoms with van der Waals surface area (Å²) in [5.41, 5.74) is 9.24. The van der Waals surface area contributed by atoms with Crippen LogP contribution in [0.4, 0.5) is 4.39 Å². The van der Waals surface area contributed by atoms with Gasteiger partial charge in [0.2, 0.25) is 0 Å². The van der Waals surface area contributed by atoms with Crippen molar-refractivity contribution in [1.82, 2.24) is 0 Å². The smallest absolute Gasteiger partial charge is 0.123 e. The lowest BCUT2D eigenvalue weighted by Crippen LogP contribution is -2.09. The summed E-state index contributed by atoms with van der Waals surface area (Å²) < 4.78 is 13.3. The van der Waals surface area contributed by atoms with Crippen LogP contribution in [0.15, 0.2) is 47.4 Å². The molecule has 2 aromatic rings. The van der Waals surface area contributed by atoms with E-state index < -0.39 is 0 Å². The zero-order valence-corrected chi connectivity index (χ0v) is 12.0. The Bertz CT molecular complexity index is 568. The van der Waals surface area contributed by atoms with Crippen LogP contribution in [0.5, 0.6) is 0 Å². The Morgan fingerprint density at radius 2 is 1.95 bits per heavy atom. The number of rotatable bonds is 4. The zero-order chi connectivity index (χ0) is 13.8. The summed E-state index contributed by atoms with van der Waals surface area (Å²) in [5.74, 6) is -0.211. The Balaban J connectivity index is 2.26. The van der Waals surface area contributed by atoms with Gasteiger partial charge >= 0.3 is 0 Å². The highest BCUT2D eigenvalue weighted by Crippen LogP contribution is 2.36. The highest BCUT2D eigenvalue weighted by molar-refractivity contribution is 7.99. The van der Waals surface area contributed by atoms with Crippen molar-refractivity contribution in [3.63, 3.8) is 0 Å². The van der Waals surface area contributed by atoms with Crippen LogP contribution in [0.1, 0.15) is 21.9 Å². The summed E-state index contributed by atoms with van der Waals surface area (Å²) in [6.45, 7) is 4.64. The van der Waals surface area contributed by atoms with Gasteiger partial charge in [-0.25, -0.2) is 4.39 Å². The molecule has 1 nitrogen and oxygen atoms in total. The van der Waals surface area contributed by atoms with Gasteiger partial charge in [-0.05, 0) is 43.2 Å². The monoisotopic (exact) mass is 275 g/mol. The average Bonchev–Trinajstić information content (AvgIpc) is 2.39. The Morgan fingerprint density at radius 3 is 2.63 bits per heavy atom. The molecule has 0 heterocycles. The number of hydrogen-bond donors (Lipinski definition) is 1. The highest BCUT2D eigenvalue weighted by atomic mass is 32.2. The summed E-state index contributed by atoms with van der Waals surface area (Å²) in [5, 5.41) is 0.0798. The molecule has 19 heavy (non-hydrogen) atoms. The largest absolute Gasteiger partial charge is 0.329 e. The molecule has 1 atom stereocenters. The molecule has 0 radical (unpaired) electrons. The standard InChI is InChI=1S/C16H18FNS/c1-11-6-7-12(2)15(8-11)19-16(10-18)13-4-3-5-14(17)9-13/h3-9,16H,10,18H2,1-2H3. The van der Waals surface area contributed by atoms with Gasteiger partial charge in [0.1, 0.15) is 5.82 Å². The molecule has 0 fully saturated rings. The third-order valence-electron chi connectivity index (χ3n) is 3.05. The first-order valence-electron chi connectivity index (χ1n) is 6.29. The summed E-state index contributed by atoms with van der Waals surface area (Å²) >= 11 is 1.70. The molecule has 2 aromatic carbocycles. The number of thioether (sulfide) groups is 1. The molecule has 0 bridgehead atoms. The molecule has 0 aliphatic rings. The Hall–Kier alpha value is -1.32. The quantitative estimate of drug-likeness (QED) is 0.845. The molecule has 1 unspecified atom stereocenters. The summed E-state index contributed by atoms with van der Waals surface area (Å²) in [6.07, 6.45) is 0. The first-order chi connectivity index (χ1) is 9.10. The average molecular weight is 275 g/mol. The molecule has 3 heteroatoms. The fraction of sp³-hybridized carbons (Fsp3) is 0.250. The number of hydrogen-bond acceptors (Lipinski definition) is 2. The van der Waals surface area contributed by atoms with Crippen LogP contribution in [0.25, 0.3) is 0 Å². The zero-order valence-electron chi connectivity index (χ0n) is 11.2. The van der Waals surface area contributed by atoms with Gasteiger partial charge in [0, 0.05) is 16.7 Å². The van der Waals surface area contributed by atoms with Crippen molar-refractivity contribution in [2.45, 2.75) is 24.0 Å². The van der Waals surface area contributed by atoms with Gasteiger partial charge in [-0.2, -0.15) is 0 Å². The van der Waals surface area contributed by atoms with Gasteiger partial charge in [-0.3, -0.25) is 0 Å². The normalized spacial score (nSPS) is 12.4. The van der Waals surface area contributed by atoms with Crippen molar-refractivity contribution in [1.29, 1.82) is 0 Å². The van der Waals surface area contributed by atoms with E-state index in [9.17, 15) is 4.39 Å². The van der Waals surface area contributed by atoms with Gasteiger partial charge in [0.25, 0.3) is 0 Å². The van der Waals surface area contributed by atoms with E-state index >= 15 is 0 Å². The predicted molar refractivity (Wildman–Crippen MR) is 80.0 cm³/mol. The topological polar surface area (TPSA) is 26.0 Å². The van der Waals surface area contributed by atoms with Crippen molar-refractivity contribution in [3.05, 3.63) is 65.0 Å². The lowest BCUT2D eigenvalue weighted by molar-refractivity contribution is 0.625. The summed E-state index contributed by atoms with van der Waals surface area (Å²) in [4.78, 5) is 1.21. The van der Waals surface area contributed by atoms with Crippen molar-refractivity contribution in [3.8, 4) is 0 Å². The number of benzene rings is 2. The molecular weight excluding hydrogens is 257 g/mol. The second kappa shape index (κ2) is 6.22. The first kappa shape index (κ1) is 14.1. The second-order valence-electron chi connectivity index (χ2n) is 4.67. The SMILES string of the molecule is Cc1ccc(C)c(SC(CN)c2cccc(F)c2)c1. The van der Waals surface area contributed by atoms with Crippen LogP contribution in [0.3, 0.4) is 0 Å². The van der Waals surface area contributed by atoms with Crippen molar-refractivity contribution < 1.29 is 4.39 Å². The maximum absolute atomic E-state index is 13.3. The first-order valence-corrected chi connectivity index (χ1v) is 7.17. The molecule has 0 saturated carbocycles. The molecule has 0 aliphatic heterocycles. The minimum Gasteiger partial charge on any atom is -0.329 e. The molecule has 0 amide bonds. The fourth-order valence-corrected chi connectivity index (χ4v) is 3.14. The molecule has 0 aromatic heterocycles. The van der Waals surface area contributed by atoms with Crippen LogP contribution >= 0.6 is 11.8 Å². The maximum Gasteiger partial charge on any atom is 0.123 e. The summed E-state index contributed by atoms with van der Waals surface area (Å²) in [6, 6.07) is 13.0. The van der Waals surface area contributed by atoms with E-state index in [-0.39, 0.29) is 11.1 Å². The number of nitrogens with two attached hydrogens (primary N) is 1. The van der Waals surface area contributed by atoms with Gasteiger partial charge < -0.3 is 5.73 Å². The van der Waals surface area contributed by atoms with Crippen molar-refractivity contribution in [2.75, 3.05) is 6.54 Å². The van der Waals surface area contributed by atoms with Crippen LogP contribution in [0, 0.1) is 19.7 Å². The Kier molecular flexibility index (Phi) is 4.61. The van der Waals surface area contributed by atoms with Crippen molar-refractivity contribution >= 4 is 11.8 Å². The van der Waals surface area contributed by atoms with Crippen LogP contribution in [-0.4, -0.2) is 6.54 Å². The predicted octanol–water partition coefficient (Wildman–Crippen LogP) is 4.23. The van der Waals surface area contributed by atoms with Gasteiger partial charge in [-0.15, -0.1) is 11.8 Å². The van der Waals surface area contributed by atoms with E-state index in [0.29, 0.717) is 6.54 Å². The maximum atomic E-state index is 13.3. The molecule has 0 aliphatic carbocycles. The molecular formula is C16H18FNS. The van der Waals surface area contributed by atoms with E-state index in [0.717, 1.165) is 5.56 Å². The Morgan fingerprint density at radius 1 is 1.16 bits per heavy atom. The van der Waals surface area contributed by atoms with E-state index in [2.05, 4.69) is 32.0 Å². The third kappa shape index (κ3) is 3.58. The molecule has 0 spiro atoms. The van der Waals surface area contributed by atoms with Crippen LogP contribution < -0.4 is 5.73 Å². The minimum atomic E-state index is -0.211. The van der Waals surface area contributed by atoms with E-state index in [1.807, 2.05) is 6.07 Å². The molecule has 100 valence electrons. The number of halogens is 1. The van der Waals surface area contributed by atoms with E-state index in [4.69, 9.17) is 5.73 Å². The molecule has 2 N–H and O–H groups in total. The van der Waals surface area contributed by atoms with E-state index in [1.165, 1.54) is 22.1 Å². The lowest BCUT2D eigenvalue weighted by atomic mass is 10.1. The third-order valence-corrected chi connectivity index (χ3v) is 4.49. The minimum absolute atomic E-state index is 0.0798. The second-order valence-corrected chi connectivity index (χ2v) is 5.91. The van der Waals surface area contributed by atoms with Crippen LogP contribution in [-0.2, 0) is 0 Å².